The molecule has 1 aromatic heterocycles. The van der Waals surface area contributed by atoms with Gasteiger partial charge in [-0.2, -0.15) is 0 Å². The molecule has 0 aliphatic heterocycles. The van der Waals surface area contributed by atoms with Crippen LogP contribution in [0, 0.1) is 0 Å². The number of pyridine rings is 1. The molecule has 0 unspecified atom stereocenters. The van der Waals surface area contributed by atoms with Gasteiger partial charge in [0.1, 0.15) is 0 Å². The fourth-order valence-electron chi connectivity index (χ4n) is 2.04. The van der Waals surface area contributed by atoms with Crippen molar-refractivity contribution in [1.82, 2.24) is 4.98 Å². The third-order valence-corrected chi connectivity index (χ3v) is 3.27. The number of carboxylic acid groups (broad SMARTS) is 1. The van der Waals surface area contributed by atoms with E-state index in [4.69, 9.17) is 9.84 Å². The maximum absolute atomic E-state index is 10.7. The van der Waals surface area contributed by atoms with Gasteiger partial charge in [-0.15, -0.1) is 0 Å². The zero-order chi connectivity index (χ0) is 15.9. The number of hydrogen-bond donors (Lipinski definition) is 1. The third-order valence-electron chi connectivity index (χ3n) is 3.27. The first kappa shape index (κ1) is 15.8. The fourth-order valence-corrected chi connectivity index (χ4v) is 2.04. The molecule has 0 saturated heterocycles. The fraction of sp³-hybridized carbons (Fsp3) is 0.294. The molecule has 22 heavy (non-hydrogen) atoms. The van der Waals surface area contributed by atoms with Gasteiger partial charge in [0.15, 0.2) is 0 Å². The van der Waals surface area contributed by atoms with Gasteiger partial charge in [0, 0.05) is 32.0 Å². The Balaban J connectivity index is 1.79. The SMILES string of the molecule is CN(C)c1cccc(CCCOc2ccc(C(=O)O)cn2)c1. The van der Waals surface area contributed by atoms with Crippen LogP contribution in [0.1, 0.15) is 22.3 Å². The Morgan fingerprint density at radius 2 is 2.09 bits per heavy atom. The van der Waals surface area contributed by atoms with E-state index in [0.29, 0.717) is 12.5 Å². The number of aryl methyl sites for hydroxylation is 1. The molecule has 116 valence electrons. The Kier molecular flexibility index (Phi) is 5.36. The zero-order valence-electron chi connectivity index (χ0n) is 12.8. The van der Waals surface area contributed by atoms with Crippen molar-refractivity contribution in [1.29, 1.82) is 0 Å². The number of rotatable bonds is 7. The minimum Gasteiger partial charge on any atom is -0.478 e. The van der Waals surface area contributed by atoms with Crippen molar-refractivity contribution in [3.05, 3.63) is 53.7 Å². The zero-order valence-corrected chi connectivity index (χ0v) is 12.8. The second-order valence-corrected chi connectivity index (χ2v) is 5.21. The molecule has 0 aliphatic carbocycles. The van der Waals surface area contributed by atoms with Crippen LogP contribution in [0.4, 0.5) is 5.69 Å². The monoisotopic (exact) mass is 300 g/mol. The minimum atomic E-state index is -0.986. The van der Waals surface area contributed by atoms with Crippen molar-refractivity contribution >= 4 is 11.7 Å². The number of aromatic carboxylic acids is 1. The van der Waals surface area contributed by atoms with Gasteiger partial charge in [0.25, 0.3) is 0 Å². The summed E-state index contributed by atoms with van der Waals surface area (Å²) in [6.45, 7) is 0.547. The first-order chi connectivity index (χ1) is 10.6. The number of nitrogens with zero attached hydrogens (tertiary/aromatic N) is 2. The van der Waals surface area contributed by atoms with Crippen molar-refractivity contribution in [2.75, 3.05) is 25.6 Å². The molecular formula is C17H20N2O3. The molecule has 0 saturated carbocycles. The summed E-state index contributed by atoms with van der Waals surface area (Å²) in [5.74, 6) is -0.535. The highest BCUT2D eigenvalue weighted by molar-refractivity contribution is 5.87. The smallest absolute Gasteiger partial charge is 0.337 e. The molecule has 0 radical (unpaired) electrons. The van der Waals surface area contributed by atoms with E-state index in [1.165, 1.54) is 23.5 Å². The standard InChI is InChI=1S/C17H20N2O3/c1-19(2)15-7-3-5-13(11-15)6-4-10-22-16-9-8-14(12-18-16)17(20)21/h3,5,7-9,11-12H,4,6,10H2,1-2H3,(H,20,21). The maximum atomic E-state index is 10.7. The number of ether oxygens (including phenoxy) is 1. The summed E-state index contributed by atoms with van der Waals surface area (Å²) in [5.41, 5.74) is 2.61. The van der Waals surface area contributed by atoms with Gasteiger partial charge in [0.2, 0.25) is 5.88 Å². The summed E-state index contributed by atoms with van der Waals surface area (Å²) in [7, 11) is 4.04. The Bertz CT molecular complexity index is 624. The summed E-state index contributed by atoms with van der Waals surface area (Å²) < 4.78 is 5.53. The molecule has 0 aliphatic rings. The Morgan fingerprint density at radius 1 is 1.27 bits per heavy atom. The van der Waals surface area contributed by atoms with Crippen LogP contribution >= 0.6 is 0 Å². The highest BCUT2D eigenvalue weighted by Crippen LogP contribution is 2.15. The quantitative estimate of drug-likeness (QED) is 0.797. The van der Waals surface area contributed by atoms with Crippen molar-refractivity contribution < 1.29 is 14.6 Å². The highest BCUT2D eigenvalue weighted by Gasteiger charge is 2.03. The lowest BCUT2D eigenvalue weighted by atomic mass is 10.1. The van der Waals surface area contributed by atoms with Gasteiger partial charge in [-0.25, -0.2) is 9.78 Å². The summed E-state index contributed by atoms with van der Waals surface area (Å²) in [6.07, 6.45) is 3.10. The predicted octanol–water partition coefficient (Wildman–Crippen LogP) is 2.86. The summed E-state index contributed by atoms with van der Waals surface area (Å²) in [5, 5.41) is 8.79. The molecule has 0 amide bonds. The van der Waals surface area contributed by atoms with Crippen molar-refractivity contribution in [2.45, 2.75) is 12.8 Å². The van der Waals surface area contributed by atoms with Crippen LogP contribution < -0.4 is 9.64 Å². The molecule has 0 atom stereocenters. The average molecular weight is 300 g/mol. The number of carbonyl (C=O) groups is 1. The van der Waals surface area contributed by atoms with E-state index < -0.39 is 5.97 Å². The number of benzene rings is 1. The van der Waals surface area contributed by atoms with E-state index in [-0.39, 0.29) is 5.56 Å². The van der Waals surface area contributed by atoms with E-state index in [2.05, 4.69) is 34.1 Å². The molecule has 0 spiro atoms. The average Bonchev–Trinajstić information content (AvgIpc) is 2.52. The molecule has 2 rings (SSSR count). The van der Waals surface area contributed by atoms with Crippen LogP contribution in [-0.4, -0.2) is 36.8 Å². The molecule has 0 bridgehead atoms. The lowest BCUT2D eigenvalue weighted by Crippen LogP contribution is -2.08. The molecule has 1 heterocycles. The third kappa shape index (κ3) is 4.48. The van der Waals surface area contributed by atoms with E-state index in [1.807, 2.05) is 14.1 Å². The number of anilines is 1. The van der Waals surface area contributed by atoms with Crippen molar-refractivity contribution in [3.63, 3.8) is 0 Å². The topological polar surface area (TPSA) is 62.7 Å². The maximum Gasteiger partial charge on any atom is 0.337 e. The van der Waals surface area contributed by atoms with Gasteiger partial charge in [-0.1, -0.05) is 12.1 Å². The molecule has 5 nitrogen and oxygen atoms in total. The van der Waals surface area contributed by atoms with E-state index in [9.17, 15) is 4.79 Å². The van der Waals surface area contributed by atoms with Crippen LogP contribution in [0.5, 0.6) is 5.88 Å². The molecule has 0 fully saturated rings. The van der Waals surface area contributed by atoms with Crippen LogP contribution in [0.2, 0.25) is 0 Å². The molecule has 2 aromatic rings. The summed E-state index contributed by atoms with van der Waals surface area (Å²) in [6, 6.07) is 11.5. The van der Waals surface area contributed by atoms with Gasteiger partial charge < -0.3 is 14.7 Å². The van der Waals surface area contributed by atoms with E-state index in [1.54, 1.807) is 6.07 Å². The van der Waals surface area contributed by atoms with Gasteiger partial charge in [-0.05, 0) is 36.6 Å². The molecule has 5 heteroatoms. The first-order valence-corrected chi connectivity index (χ1v) is 7.14. The summed E-state index contributed by atoms with van der Waals surface area (Å²) >= 11 is 0. The second kappa shape index (κ2) is 7.45. The van der Waals surface area contributed by atoms with E-state index >= 15 is 0 Å². The Hall–Kier alpha value is -2.56. The highest BCUT2D eigenvalue weighted by atomic mass is 16.5. The van der Waals surface area contributed by atoms with Gasteiger partial charge in [0.05, 0.1) is 12.2 Å². The minimum absolute atomic E-state index is 0.160. The Morgan fingerprint density at radius 3 is 2.73 bits per heavy atom. The van der Waals surface area contributed by atoms with Crippen molar-refractivity contribution in [3.8, 4) is 5.88 Å². The lowest BCUT2D eigenvalue weighted by molar-refractivity contribution is 0.0696. The number of carboxylic acids is 1. The lowest BCUT2D eigenvalue weighted by Gasteiger charge is -2.13. The van der Waals surface area contributed by atoms with Gasteiger partial charge >= 0.3 is 5.97 Å². The van der Waals surface area contributed by atoms with Crippen LogP contribution in [0.3, 0.4) is 0 Å². The van der Waals surface area contributed by atoms with Crippen LogP contribution in [0.15, 0.2) is 42.6 Å². The largest absolute Gasteiger partial charge is 0.478 e. The molecule has 1 aromatic carbocycles. The number of hydrogen-bond acceptors (Lipinski definition) is 4. The predicted molar refractivity (Wildman–Crippen MR) is 85.8 cm³/mol. The number of aromatic nitrogens is 1. The van der Waals surface area contributed by atoms with Crippen LogP contribution in [0.25, 0.3) is 0 Å². The van der Waals surface area contributed by atoms with E-state index in [0.717, 1.165) is 12.8 Å². The first-order valence-electron chi connectivity index (χ1n) is 7.14. The Labute approximate surface area is 130 Å². The molecule has 1 N–H and O–H groups in total. The summed E-state index contributed by atoms with van der Waals surface area (Å²) in [4.78, 5) is 16.8. The second-order valence-electron chi connectivity index (χ2n) is 5.21. The normalized spacial score (nSPS) is 10.3. The van der Waals surface area contributed by atoms with Crippen LogP contribution in [-0.2, 0) is 6.42 Å². The van der Waals surface area contributed by atoms with Gasteiger partial charge in [-0.3, -0.25) is 0 Å². The molecular weight excluding hydrogens is 280 g/mol. The van der Waals surface area contributed by atoms with Crippen molar-refractivity contribution in [2.24, 2.45) is 0 Å².